The zero-order valence-electron chi connectivity index (χ0n) is 15.5. The molecule has 1 aromatic heterocycles. The van der Waals surface area contributed by atoms with Gasteiger partial charge < -0.3 is 25.0 Å². The maximum absolute atomic E-state index is 11.8. The van der Waals surface area contributed by atoms with E-state index < -0.39 is 0 Å². The van der Waals surface area contributed by atoms with E-state index in [2.05, 4.69) is 25.5 Å². The molecule has 0 bridgehead atoms. The second kappa shape index (κ2) is 9.72. The Kier molecular flexibility index (Phi) is 6.81. The zero-order chi connectivity index (χ0) is 18.9. The molecule has 8 heteroatoms. The van der Waals surface area contributed by atoms with Gasteiger partial charge in [-0.3, -0.25) is 4.79 Å². The van der Waals surface area contributed by atoms with Gasteiger partial charge >= 0.3 is 0 Å². The van der Waals surface area contributed by atoms with Gasteiger partial charge in [0.25, 0.3) is 5.91 Å². The van der Waals surface area contributed by atoms with E-state index in [1.54, 1.807) is 0 Å². The molecule has 3 rings (SSSR count). The van der Waals surface area contributed by atoms with Crippen molar-refractivity contribution in [3.05, 3.63) is 42.2 Å². The summed E-state index contributed by atoms with van der Waals surface area (Å²) in [5, 5.41) is 6.05. The van der Waals surface area contributed by atoms with Crippen LogP contribution in [0.25, 0.3) is 0 Å². The van der Waals surface area contributed by atoms with Crippen LogP contribution < -0.4 is 20.3 Å². The highest BCUT2D eigenvalue weighted by molar-refractivity contribution is 5.77. The number of amides is 1. The van der Waals surface area contributed by atoms with E-state index in [1.807, 2.05) is 43.3 Å². The van der Waals surface area contributed by atoms with Crippen LogP contribution in [0.15, 0.2) is 36.4 Å². The molecule has 1 amide bonds. The van der Waals surface area contributed by atoms with E-state index in [0.717, 1.165) is 24.7 Å². The highest BCUT2D eigenvalue weighted by atomic mass is 16.5. The van der Waals surface area contributed by atoms with Gasteiger partial charge in [-0.15, -0.1) is 0 Å². The molecule has 1 aromatic carbocycles. The number of nitrogens with one attached hydrogen (secondary N) is 2. The number of nitrogens with zero attached hydrogens (tertiary/aromatic N) is 3. The van der Waals surface area contributed by atoms with E-state index in [4.69, 9.17) is 9.47 Å². The highest BCUT2D eigenvalue weighted by Gasteiger charge is 2.14. The monoisotopic (exact) mass is 371 g/mol. The first-order chi connectivity index (χ1) is 13.2. The molecule has 144 valence electrons. The van der Waals surface area contributed by atoms with E-state index in [1.165, 1.54) is 0 Å². The van der Waals surface area contributed by atoms with Gasteiger partial charge in [0.05, 0.1) is 13.2 Å². The number of benzene rings is 1. The molecule has 1 saturated heterocycles. The van der Waals surface area contributed by atoms with Crippen molar-refractivity contribution in [2.45, 2.75) is 6.92 Å². The molecule has 0 aliphatic carbocycles. The maximum Gasteiger partial charge on any atom is 0.258 e. The molecule has 1 aliphatic rings. The van der Waals surface area contributed by atoms with Crippen molar-refractivity contribution < 1.29 is 14.3 Å². The smallest absolute Gasteiger partial charge is 0.258 e. The van der Waals surface area contributed by atoms with Crippen molar-refractivity contribution in [1.29, 1.82) is 0 Å². The lowest BCUT2D eigenvalue weighted by Crippen LogP contribution is -2.37. The molecule has 0 atom stereocenters. The number of hydrogen-bond donors (Lipinski definition) is 2. The van der Waals surface area contributed by atoms with Crippen molar-refractivity contribution in [3.8, 4) is 5.75 Å². The lowest BCUT2D eigenvalue weighted by atomic mass is 10.3. The summed E-state index contributed by atoms with van der Waals surface area (Å²) in [7, 11) is 0. The molecule has 2 heterocycles. The number of carbonyl (C=O) groups excluding carboxylic acids is 1. The lowest BCUT2D eigenvalue weighted by molar-refractivity contribution is -0.123. The van der Waals surface area contributed by atoms with Crippen molar-refractivity contribution in [2.24, 2.45) is 0 Å². The second-order valence-corrected chi connectivity index (χ2v) is 6.14. The van der Waals surface area contributed by atoms with Gasteiger partial charge in [0.15, 0.2) is 6.61 Å². The molecule has 2 aromatic rings. The lowest BCUT2D eigenvalue weighted by Gasteiger charge is -2.28. The Bertz CT molecular complexity index is 735. The predicted octanol–water partition coefficient (Wildman–Crippen LogP) is 1.23. The molecular weight excluding hydrogens is 346 g/mol. The summed E-state index contributed by atoms with van der Waals surface area (Å²) in [5.74, 6) is 2.88. The maximum atomic E-state index is 11.8. The van der Waals surface area contributed by atoms with Crippen LogP contribution in [0.5, 0.6) is 5.75 Å². The first-order valence-electron chi connectivity index (χ1n) is 9.07. The van der Waals surface area contributed by atoms with Crippen molar-refractivity contribution in [1.82, 2.24) is 15.3 Å². The standard InChI is InChI=1S/C19H25N5O3/c1-15-22-17(13-18(23-15)24-9-11-26-12-10-24)20-7-8-21-19(25)14-27-16-5-3-2-4-6-16/h2-6,13H,7-12,14H2,1H3,(H,21,25)(H,20,22,23). The number of morpholine rings is 1. The third kappa shape index (κ3) is 6.10. The third-order valence-corrected chi connectivity index (χ3v) is 4.03. The Labute approximate surface area is 158 Å². The van der Waals surface area contributed by atoms with Crippen LogP contribution in [-0.2, 0) is 9.53 Å². The number of carbonyl (C=O) groups is 1. The minimum atomic E-state index is -0.159. The molecule has 0 saturated carbocycles. The fraction of sp³-hybridized carbons (Fsp3) is 0.421. The van der Waals surface area contributed by atoms with Crippen LogP contribution in [0.2, 0.25) is 0 Å². The van der Waals surface area contributed by atoms with Gasteiger partial charge in [-0.2, -0.15) is 0 Å². The fourth-order valence-corrected chi connectivity index (χ4v) is 2.71. The van der Waals surface area contributed by atoms with Crippen LogP contribution >= 0.6 is 0 Å². The Hall–Kier alpha value is -2.87. The molecule has 1 fully saturated rings. The number of aromatic nitrogens is 2. The molecular formula is C19H25N5O3. The van der Waals surface area contributed by atoms with Crippen LogP contribution in [-0.4, -0.2) is 61.9 Å². The average Bonchev–Trinajstić information content (AvgIpc) is 2.71. The molecule has 0 radical (unpaired) electrons. The van der Waals surface area contributed by atoms with Crippen LogP contribution in [0.3, 0.4) is 0 Å². The number of ether oxygens (including phenoxy) is 2. The molecule has 8 nitrogen and oxygen atoms in total. The van der Waals surface area contributed by atoms with E-state index in [0.29, 0.717) is 37.9 Å². The van der Waals surface area contributed by atoms with Crippen LogP contribution in [0.4, 0.5) is 11.6 Å². The molecule has 1 aliphatic heterocycles. The summed E-state index contributed by atoms with van der Waals surface area (Å²) in [6.45, 7) is 5.99. The minimum absolute atomic E-state index is 0.00217. The molecule has 0 spiro atoms. The highest BCUT2D eigenvalue weighted by Crippen LogP contribution is 2.16. The van der Waals surface area contributed by atoms with Crippen molar-refractivity contribution in [3.63, 3.8) is 0 Å². The van der Waals surface area contributed by atoms with Gasteiger partial charge in [0.1, 0.15) is 23.2 Å². The van der Waals surface area contributed by atoms with Gasteiger partial charge in [0, 0.05) is 32.2 Å². The Morgan fingerprint density at radius 1 is 1.19 bits per heavy atom. The quantitative estimate of drug-likeness (QED) is 0.675. The molecule has 27 heavy (non-hydrogen) atoms. The summed E-state index contributed by atoms with van der Waals surface area (Å²) in [5.41, 5.74) is 0. The minimum Gasteiger partial charge on any atom is -0.484 e. The number of para-hydroxylation sites is 1. The number of anilines is 2. The number of rotatable bonds is 8. The molecule has 0 unspecified atom stereocenters. The number of hydrogen-bond acceptors (Lipinski definition) is 7. The van der Waals surface area contributed by atoms with Crippen LogP contribution in [0, 0.1) is 6.92 Å². The summed E-state index contributed by atoms with van der Waals surface area (Å²) < 4.78 is 10.8. The average molecular weight is 371 g/mol. The van der Waals surface area contributed by atoms with E-state index >= 15 is 0 Å². The fourth-order valence-electron chi connectivity index (χ4n) is 2.71. The Balaban J connectivity index is 1.40. The van der Waals surface area contributed by atoms with E-state index in [-0.39, 0.29) is 12.5 Å². The summed E-state index contributed by atoms with van der Waals surface area (Å²) in [6.07, 6.45) is 0. The van der Waals surface area contributed by atoms with Crippen molar-refractivity contribution >= 4 is 17.5 Å². The molecule has 2 N–H and O–H groups in total. The topological polar surface area (TPSA) is 88.6 Å². The normalized spacial score (nSPS) is 13.9. The third-order valence-electron chi connectivity index (χ3n) is 4.03. The zero-order valence-corrected chi connectivity index (χ0v) is 15.5. The predicted molar refractivity (Wildman–Crippen MR) is 103 cm³/mol. The summed E-state index contributed by atoms with van der Waals surface area (Å²) in [4.78, 5) is 22.9. The van der Waals surface area contributed by atoms with Crippen molar-refractivity contribution in [2.75, 3.05) is 56.2 Å². The summed E-state index contributed by atoms with van der Waals surface area (Å²) in [6, 6.07) is 11.2. The first kappa shape index (κ1) is 18.9. The van der Waals surface area contributed by atoms with E-state index in [9.17, 15) is 4.79 Å². The second-order valence-electron chi connectivity index (χ2n) is 6.14. The first-order valence-corrected chi connectivity index (χ1v) is 9.07. The Morgan fingerprint density at radius 2 is 1.96 bits per heavy atom. The Morgan fingerprint density at radius 3 is 2.74 bits per heavy atom. The van der Waals surface area contributed by atoms with Gasteiger partial charge in [0.2, 0.25) is 0 Å². The number of aryl methyl sites for hydroxylation is 1. The van der Waals surface area contributed by atoms with Crippen LogP contribution in [0.1, 0.15) is 5.82 Å². The van der Waals surface area contributed by atoms with Gasteiger partial charge in [-0.05, 0) is 19.1 Å². The summed E-state index contributed by atoms with van der Waals surface area (Å²) >= 11 is 0. The van der Waals surface area contributed by atoms with Gasteiger partial charge in [-0.1, -0.05) is 18.2 Å². The van der Waals surface area contributed by atoms with Gasteiger partial charge in [-0.25, -0.2) is 9.97 Å². The largest absolute Gasteiger partial charge is 0.484 e. The SMILES string of the molecule is Cc1nc(NCCNC(=O)COc2ccccc2)cc(N2CCOCC2)n1.